The molecule has 0 bridgehead atoms. The van der Waals surface area contributed by atoms with Crippen molar-refractivity contribution < 1.29 is 12.8 Å². The Bertz CT molecular complexity index is 449. The van der Waals surface area contributed by atoms with Crippen LogP contribution in [0.3, 0.4) is 0 Å². The number of sulfonamides is 1. The molecule has 0 aromatic carbocycles. The Balaban J connectivity index is 2.61. The van der Waals surface area contributed by atoms with E-state index >= 15 is 0 Å². The van der Waals surface area contributed by atoms with Crippen molar-refractivity contribution in [1.29, 1.82) is 0 Å². The number of aromatic nitrogens is 2. The Morgan fingerprint density at radius 2 is 2.20 bits per heavy atom. The molecule has 0 fully saturated rings. The number of nitrogens with two attached hydrogens (primary N) is 2. The van der Waals surface area contributed by atoms with E-state index in [1.165, 1.54) is 0 Å². The average molecular weight is 235 g/mol. The van der Waals surface area contributed by atoms with Crippen LogP contribution in [0.1, 0.15) is 0 Å². The second-order valence-corrected chi connectivity index (χ2v) is 4.45. The summed E-state index contributed by atoms with van der Waals surface area (Å²) in [4.78, 5) is 6.94. The van der Waals surface area contributed by atoms with E-state index in [2.05, 4.69) is 15.3 Å². The summed E-state index contributed by atoms with van der Waals surface area (Å²) in [6, 6.07) is 0. The van der Waals surface area contributed by atoms with Gasteiger partial charge in [-0.15, -0.1) is 0 Å². The Kier molecular flexibility index (Phi) is 3.37. The summed E-state index contributed by atoms with van der Waals surface area (Å²) in [5.41, 5.74) is 5.21. The first-order chi connectivity index (χ1) is 6.88. The zero-order valence-electron chi connectivity index (χ0n) is 7.64. The van der Waals surface area contributed by atoms with Gasteiger partial charge >= 0.3 is 0 Å². The van der Waals surface area contributed by atoms with Gasteiger partial charge in [0.15, 0.2) is 11.6 Å². The third-order valence-electron chi connectivity index (χ3n) is 1.44. The molecular formula is C6H10FN5O2S. The standard InChI is InChI=1S/C6H10FN5O2S/c7-4-3-11-6(8)12-5(4)10-1-2-15(9,13)14/h3H,1-2H2,(H2,9,13,14)(H3,8,10,11,12). The van der Waals surface area contributed by atoms with E-state index in [1.54, 1.807) is 0 Å². The van der Waals surface area contributed by atoms with Crippen molar-refractivity contribution in [3.8, 4) is 0 Å². The van der Waals surface area contributed by atoms with Gasteiger partial charge in [0.25, 0.3) is 0 Å². The quantitative estimate of drug-likeness (QED) is 0.608. The van der Waals surface area contributed by atoms with Crippen molar-refractivity contribution in [1.82, 2.24) is 9.97 Å². The molecule has 0 aliphatic heterocycles. The number of hydrogen-bond donors (Lipinski definition) is 3. The van der Waals surface area contributed by atoms with Crippen LogP contribution in [0.2, 0.25) is 0 Å². The molecule has 7 nitrogen and oxygen atoms in total. The van der Waals surface area contributed by atoms with E-state index < -0.39 is 15.8 Å². The molecule has 0 saturated carbocycles. The summed E-state index contributed by atoms with van der Waals surface area (Å²) >= 11 is 0. The Morgan fingerprint density at radius 1 is 1.53 bits per heavy atom. The molecule has 0 amide bonds. The van der Waals surface area contributed by atoms with Crippen LogP contribution >= 0.6 is 0 Å². The maximum atomic E-state index is 13.0. The third-order valence-corrected chi connectivity index (χ3v) is 2.21. The predicted octanol–water partition coefficient (Wildman–Crippen LogP) is -1.10. The first-order valence-electron chi connectivity index (χ1n) is 3.91. The molecule has 0 radical (unpaired) electrons. The summed E-state index contributed by atoms with van der Waals surface area (Å²) < 4.78 is 34.1. The molecule has 0 saturated heterocycles. The smallest absolute Gasteiger partial charge is 0.222 e. The van der Waals surface area contributed by atoms with Crippen molar-refractivity contribution in [3.05, 3.63) is 12.0 Å². The van der Waals surface area contributed by atoms with E-state index in [4.69, 9.17) is 10.9 Å². The molecule has 0 aliphatic rings. The highest BCUT2D eigenvalue weighted by Crippen LogP contribution is 2.09. The minimum Gasteiger partial charge on any atom is -0.368 e. The van der Waals surface area contributed by atoms with Gasteiger partial charge in [-0.1, -0.05) is 0 Å². The lowest BCUT2D eigenvalue weighted by molar-refractivity contribution is 0.597. The molecule has 9 heteroatoms. The van der Waals surface area contributed by atoms with E-state index in [-0.39, 0.29) is 24.1 Å². The minimum atomic E-state index is -3.58. The molecule has 0 atom stereocenters. The lowest BCUT2D eigenvalue weighted by Gasteiger charge is -2.05. The highest BCUT2D eigenvalue weighted by Gasteiger charge is 2.06. The van der Waals surface area contributed by atoms with Crippen LogP contribution in [0.25, 0.3) is 0 Å². The number of nitrogen functional groups attached to an aromatic ring is 1. The Morgan fingerprint density at radius 3 is 2.80 bits per heavy atom. The second-order valence-electron chi connectivity index (χ2n) is 2.72. The lowest BCUT2D eigenvalue weighted by atomic mass is 10.5. The van der Waals surface area contributed by atoms with Crippen molar-refractivity contribution in [2.75, 3.05) is 23.3 Å². The molecule has 15 heavy (non-hydrogen) atoms. The van der Waals surface area contributed by atoms with Crippen LogP contribution < -0.4 is 16.2 Å². The minimum absolute atomic E-state index is 0.0494. The van der Waals surface area contributed by atoms with Gasteiger partial charge in [-0.05, 0) is 0 Å². The van der Waals surface area contributed by atoms with Crippen LogP contribution in [-0.4, -0.2) is 30.7 Å². The van der Waals surface area contributed by atoms with Gasteiger partial charge in [0.2, 0.25) is 16.0 Å². The number of nitrogens with zero attached hydrogens (tertiary/aromatic N) is 2. The normalized spacial score (nSPS) is 11.3. The maximum absolute atomic E-state index is 13.0. The molecule has 1 heterocycles. The number of anilines is 2. The number of halogens is 1. The van der Waals surface area contributed by atoms with Gasteiger partial charge < -0.3 is 11.1 Å². The Labute approximate surface area is 85.8 Å². The largest absolute Gasteiger partial charge is 0.368 e. The number of primary sulfonamides is 1. The summed E-state index contributed by atoms with van der Waals surface area (Å²) in [6.45, 7) is -0.0494. The molecule has 0 aliphatic carbocycles. The van der Waals surface area contributed by atoms with E-state index in [0.29, 0.717) is 0 Å². The zero-order chi connectivity index (χ0) is 11.5. The summed E-state index contributed by atoms with van der Waals surface area (Å²) in [7, 11) is -3.58. The molecule has 1 aromatic rings. The maximum Gasteiger partial charge on any atom is 0.222 e. The van der Waals surface area contributed by atoms with Gasteiger partial charge in [0.1, 0.15) is 0 Å². The van der Waals surface area contributed by atoms with Gasteiger partial charge in [0, 0.05) is 6.54 Å². The lowest BCUT2D eigenvalue weighted by Crippen LogP contribution is -2.23. The molecule has 0 spiro atoms. The predicted molar refractivity (Wildman–Crippen MR) is 52.9 cm³/mol. The van der Waals surface area contributed by atoms with Crippen LogP contribution in [0, 0.1) is 5.82 Å². The highest BCUT2D eigenvalue weighted by molar-refractivity contribution is 7.89. The first kappa shape index (κ1) is 11.6. The molecule has 5 N–H and O–H groups in total. The topological polar surface area (TPSA) is 124 Å². The van der Waals surface area contributed by atoms with Crippen LogP contribution in [-0.2, 0) is 10.0 Å². The van der Waals surface area contributed by atoms with Gasteiger partial charge in [-0.2, -0.15) is 4.98 Å². The van der Waals surface area contributed by atoms with Crippen molar-refractivity contribution in [2.45, 2.75) is 0 Å². The SMILES string of the molecule is Nc1ncc(F)c(NCCS(N)(=O)=O)n1. The van der Waals surface area contributed by atoms with Crippen LogP contribution in [0.15, 0.2) is 6.20 Å². The average Bonchev–Trinajstić information content (AvgIpc) is 2.09. The van der Waals surface area contributed by atoms with Crippen molar-refractivity contribution in [2.24, 2.45) is 5.14 Å². The van der Waals surface area contributed by atoms with Gasteiger partial charge in [0.05, 0.1) is 11.9 Å². The molecule has 84 valence electrons. The highest BCUT2D eigenvalue weighted by atomic mass is 32.2. The number of nitrogens with one attached hydrogen (secondary N) is 1. The summed E-state index contributed by atoms with van der Waals surface area (Å²) in [5.74, 6) is -1.28. The fourth-order valence-electron chi connectivity index (χ4n) is 0.816. The van der Waals surface area contributed by atoms with Crippen molar-refractivity contribution in [3.63, 3.8) is 0 Å². The van der Waals surface area contributed by atoms with Crippen molar-refractivity contribution >= 4 is 21.8 Å². The summed E-state index contributed by atoms with van der Waals surface area (Å²) in [5, 5.41) is 7.19. The first-order valence-corrected chi connectivity index (χ1v) is 5.62. The van der Waals surface area contributed by atoms with E-state index in [9.17, 15) is 12.8 Å². The third kappa shape index (κ3) is 4.04. The van der Waals surface area contributed by atoms with Crippen LogP contribution in [0.5, 0.6) is 0 Å². The fraction of sp³-hybridized carbons (Fsp3) is 0.333. The number of hydrogen-bond acceptors (Lipinski definition) is 6. The fourth-order valence-corrected chi connectivity index (χ4v) is 1.20. The monoisotopic (exact) mass is 235 g/mol. The second kappa shape index (κ2) is 4.36. The van der Waals surface area contributed by atoms with Gasteiger partial charge in [-0.3, -0.25) is 0 Å². The zero-order valence-corrected chi connectivity index (χ0v) is 8.46. The molecule has 1 aromatic heterocycles. The Hall–Kier alpha value is -1.48. The molecule has 1 rings (SSSR count). The molecular weight excluding hydrogens is 225 g/mol. The van der Waals surface area contributed by atoms with Gasteiger partial charge in [-0.25, -0.2) is 22.9 Å². The summed E-state index contributed by atoms with van der Waals surface area (Å²) in [6.07, 6.45) is 0.890. The van der Waals surface area contributed by atoms with E-state index in [0.717, 1.165) is 6.20 Å². The van der Waals surface area contributed by atoms with E-state index in [1.807, 2.05) is 0 Å². The van der Waals surface area contributed by atoms with Crippen LogP contribution in [0.4, 0.5) is 16.2 Å². The molecule has 0 unspecified atom stereocenters. The number of rotatable bonds is 4.